The number of carbonyl (C=O) groups is 2. The third kappa shape index (κ3) is 4.78. The maximum atomic E-state index is 12.5. The number of nitrogens with one attached hydrogen (secondary N) is 1. The molecule has 1 unspecified atom stereocenters. The van der Waals surface area contributed by atoms with Crippen molar-refractivity contribution in [3.05, 3.63) is 77.6 Å². The SMILES string of the molecule is Cc1ccccc1C(CC(=O)O)NC(=O)Cc1cnn(-c2ccccc2)n1. The Morgan fingerprint density at radius 1 is 1.11 bits per heavy atom. The second-order valence-electron chi connectivity index (χ2n) is 6.21. The quantitative estimate of drug-likeness (QED) is 0.671. The zero-order valence-electron chi connectivity index (χ0n) is 14.9. The summed E-state index contributed by atoms with van der Waals surface area (Å²) in [5.41, 5.74) is 3.03. The highest BCUT2D eigenvalue weighted by Gasteiger charge is 2.20. The fraction of sp³-hybridized carbons (Fsp3) is 0.200. The molecular formula is C20H20N4O3. The van der Waals surface area contributed by atoms with E-state index in [1.807, 2.05) is 61.5 Å². The predicted molar refractivity (Wildman–Crippen MR) is 99.4 cm³/mol. The molecule has 0 saturated carbocycles. The topological polar surface area (TPSA) is 97.1 Å². The highest BCUT2D eigenvalue weighted by molar-refractivity contribution is 5.79. The number of amides is 1. The number of carboxylic acids is 1. The minimum Gasteiger partial charge on any atom is -0.481 e. The molecule has 138 valence electrons. The molecule has 0 saturated heterocycles. The summed E-state index contributed by atoms with van der Waals surface area (Å²) in [5, 5.41) is 20.5. The van der Waals surface area contributed by atoms with E-state index in [-0.39, 0.29) is 18.7 Å². The minimum atomic E-state index is -0.974. The van der Waals surface area contributed by atoms with Crippen LogP contribution in [0.15, 0.2) is 60.8 Å². The summed E-state index contributed by atoms with van der Waals surface area (Å²) in [5.74, 6) is -1.27. The normalized spacial score (nSPS) is 11.7. The van der Waals surface area contributed by atoms with E-state index in [2.05, 4.69) is 15.5 Å². The largest absolute Gasteiger partial charge is 0.481 e. The Bertz CT molecular complexity index is 937. The first-order valence-corrected chi connectivity index (χ1v) is 8.56. The second-order valence-corrected chi connectivity index (χ2v) is 6.21. The van der Waals surface area contributed by atoms with Crippen LogP contribution in [0.1, 0.15) is 29.3 Å². The van der Waals surface area contributed by atoms with Gasteiger partial charge in [-0.15, -0.1) is 0 Å². The molecule has 2 aromatic carbocycles. The van der Waals surface area contributed by atoms with Gasteiger partial charge in [0.2, 0.25) is 5.91 Å². The Hall–Kier alpha value is -3.48. The van der Waals surface area contributed by atoms with E-state index in [1.165, 1.54) is 11.0 Å². The van der Waals surface area contributed by atoms with Crippen molar-refractivity contribution in [2.75, 3.05) is 0 Å². The summed E-state index contributed by atoms with van der Waals surface area (Å²) in [6, 6.07) is 16.2. The number of benzene rings is 2. The molecule has 1 amide bonds. The van der Waals surface area contributed by atoms with E-state index in [0.29, 0.717) is 5.69 Å². The number of carboxylic acid groups (broad SMARTS) is 1. The van der Waals surface area contributed by atoms with Crippen LogP contribution in [0.3, 0.4) is 0 Å². The number of para-hydroxylation sites is 1. The number of nitrogens with zero attached hydrogens (tertiary/aromatic N) is 3. The Morgan fingerprint density at radius 3 is 2.52 bits per heavy atom. The third-order valence-corrected chi connectivity index (χ3v) is 4.15. The van der Waals surface area contributed by atoms with Crippen LogP contribution in [0.4, 0.5) is 0 Å². The van der Waals surface area contributed by atoms with Crippen molar-refractivity contribution in [2.45, 2.75) is 25.8 Å². The average molecular weight is 364 g/mol. The number of rotatable bonds is 7. The number of aliphatic carboxylic acids is 1. The fourth-order valence-electron chi connectivity index (χ4n) is 2.86. The molecule has 3 aromatic rings. The van der Waals surface area contributed by atoms with Gasteiger partial charge in [-0.3, -0.25) is 9.59 Å². The number of aromatic nitrogens is 3. The molecule has 0 radical (unpaired) electrons. The first kappa shape index (κ1) is 18.3. The van der Waals surface area contributed by atoms with Gasteiger partial charge in [-0.05, 0) is 30.2 Å². The monoisotopic (exact) mass is 364 g/mol. The molecule has 0 fully saturated rings. The van der Waals surface area contributed by atoms with Crippen LogP contribution in [0.2, 0.25) is 0 Å². The van der Waals surface area contributed by atoms with Gasteiger partial charge in [0.25, 0.3) is 0 Å². The maximum Gasteiger partial charge on any atom is 0.305 e. The zero-order chi connectivity index (χ0) is 19.2. The molecule has 7 nitrogen and oxygen atoms in total. The average Bonchev–Trinajstić information content (AvgIpc) is 3.10. The van der Waals surface area contributed by atoms with E-state index >= 15 is 0 Å². The van der Waals surface area contributed by atoms with Crippen molar-refractivity contribution in [3.8, 4) is 5.69 Å². The highest BCUT2D eigenvalue weighted by Crippen LogP contribution is 2.21. The third-order valence-electron chi connectivity index (χ3n) is 4.15. The van der Waals surface area contributed by atoms with Crippen LogP contribution in [0.25, 0.3) is 5.69 Å². The molecule has 7 heteroatoms. The summed E-state index contributed by atoms with van der Waals surface area (Å²) >= 11 is 0. The van der Waals surface area contributed by atoms with E-state index in [4.69, 9.17) is 0 Å². The van der Waals surface area contributed by atoms with Crippen molar-refractivity contribution in [1.29, 1.82) is 0 Å². The molecule has 2 N–H and O–H groups in total. The van der Waals surface area contributed by atoms with Gasteiger partial charge in [0.1, 0.15) is 0 Å². The van der Waals surface area contributed by atoms with Gasteiger partial charge in [-0.2, -0.15) is 15.0 Å². The number of hydrogen-bond donors (Lipinski definition) is 2. The number of carbonyl (C=O) groups excluding carboxylic acids is 1. The highest BCUT2D eigenvalue weighted by atomic mass is 16.4. The molecule has 27 heavy (non-hydrogen) atoms. The van der Waals surface area contributed by atoms with Gasteiger partial charge in [-0.1, -0.05) is 42.5 Å². The first-order chi connectivity index (χ1) is 13.0. The maximum absolute atomic E-state index is 12.5. The smallest absolute Gasteiger partial charge is 0.305 e. The summed E-state index contributed by atoms with van der Waals surface area (Å²) < 4.78 is 0. The lowest BCUT2D eigenvalue weighted by Gasteiger charge is -2.19. The van der Waals surface area contributed by atoms with Crippen LogP contribution in [0.5, 0.6) is 0 Å². The number of hydrogen-bond acceptors (Lipinski definition) is 4. The van der Waals surface area contributed by atoms with Gasteiger partial charge in [-0.25, -0.2) is 0 Å². The molecule has 0 aliphatic heterocycles. The van der Waals surface area contributed by atoms with E-state index in [9.17, 15) is 14.7 Å². The molecular weight excluding hydrogens is 344 g/mol. The lowest BCUT2D eigenvalue weighted by molar-refractivity contribution is -0.137. The molecule has 3 rings (SSSR count). The van der Waals surface area contributed by atoms with Crippen molar-refractivity contribution < 1.29 is 14.7 Å². The van der Waals surface area contributed by atoms with Crippen LogP contribution in [0, 0.1) is 6.92 Å². The summed E-state index contributed by atoms with van der Waals surface area (Å²) in [6.07, 6.45) is 1.37. The summed E-state index contributed by atoms with van der Waals surface area (Å²) in [4.78, 5) is 25.1. The fourth-order valence-corrected chi connectivity index (χ4v) is 2.86. The minimum absolute atomic E-state index is 0.0227. The Kier molecular flexibility index (Phi) is 5.61. The van der Waals surface area contributed by atoms with Gasteiger partial charge in [0, 0.05) is 0 Å². The molecule has 0 aliphatic rings. The Morgan fingerprint density at radius 2 is 1.81 bits per heavy atom. The van der Waals surface area contributed by atoms with Crippen molar-refractivity contribution >= 4 is 11.9 Å². The summed E-state index contributed by atoms with van der Waals surface area (Å²) in [7, 11) is 0. The van der Waals surface area contributed by atoms with E-state index < -0.39 is 12.0 Å². The summed E-state index contributed by atoms with van der Waals surface area (Å²) in [6.45, 7) is 1.89. The Balaban J connectivity index is 1.70. The lowest BCUT2D eigenvalue weighted by atomic mass is 9.98. The zero-order valence-corrected chi connectivity index (χ0v) is 14.9. The predicted octanol–water partition coefficient (Wildman–Crippen LogP) is 2.45. The second kappa shape index (κ2) is 8.27. The molecule has 0 bridgehead atoms. The van der Waals surface area contributed by atoms with Crippen LogP contribution in [-0.4, -0.2) is 32.0 Å². The first-order valence-electron chi connectivity index (χ1n) is 8.56. The molecule has 0 aliphatic carbocycles. The molecule has 1 aromatic heterocycles. The van der Waals surface area contributed by atoms with Crippen LogP contribution in [-0.2, 0) is 16.0 Å². The van der Waals surface area contributed by atoms with Gasteiger partial charge in [0.15, 0.2) is 0 Å². The molecule has 0 spiro atoms. The van der Waals surface area contributed by atoms with Gasteiger partial charge in [0.05, 0.1) is 36.5 Å². The van der Waals surface area contributed by atoms with E-state index in [1.54, 1.807) is 0 Å². The Labute approximate surface area is 156 Å². The molecule has 1 atom stereocenters. The molecule has 1 heterocycles. The van der Waals surface area contributed by atoms with Crippen LogP contribution < -0.4 is 5.32 Å². The van der Waals surface area contributed by atoms with Gasteiger partial charge >= 0.3 is 5.97 Å². The number of aryl methyl sites for hydroxylation is 1. The standard InChI is InChI=1S/C20H20N4O3/c1-14-7-5-6-10-17(14)18(12-20(26)27)22-19(25)11-15-13-21-24(23-15)16-8-3-2-4-9-16/h2-10,13,18H,11-12H2,1H3,(H,22,25)(H,26,27). The van der Waals surface area contributed by atoms with Crippen LogP contribution >= 0.6 is 0 Å². The van der Waals surface area contributed by atoms with E-state index in [0.717, 1.165) is 16.8 Å². The van der Waals surface area contributed by atoms with Crippen molar-refractivity contribution in [3.63, 3.8) is 0 Å². The van der Waals surface area contributed by atoms with Crippen molar-refractivity contribution in [1.82, 2.24) is 20.3 Å². The lowest BCUT2D eigenvalue weighted by Crippen LogP contribution is -2.32. The van der Waals surface area contributed by atoms with Crippen molar-refractivity contribution in [2.24, 2.45) is 0 Å². The van der Waals surface area contributed by atoms with Gasteiger partial charge < -0.3 is 10.4 Å².